The zero-order valence-electron chi connectivity index (χ0n) is 18.7. The zero-order valence-corrected chi connectivity index (χ0v) is 18.7. The summed E-state index contributed by atoms with van der Waals surface area (Å²) in [7, 11) is 1.81. The van der Waals surface area contributed by atoms with Crippen molar-refractivity contribution in [3.63, 3.8) is 0 Å². The Balaban J connectivity index is 1.80. The monoisotopic (exact) mass is 451 g/mol. The van der Waals surface area contributed by atoms with E-state index in [0.29, 0.717) is 23.6 Å². The minimum atomic E-state index is -0.733. The summed E-state index contributed by atoms with van der Waals surface area (Å²) in [6, 6.07) is 7.90. The molecule has 1 aliphatic rings. The van der Waals surface area contributed by atoms with E-state index in [1.807, 2.05) is 33.0 Å². The number of aryl methyl sites for hydroxylation is 1. The van der Waals surface area contributed by atoms with Gasteiger partial charge in [-0.1, -0.05) is 19.9 Å². The summed E-state index contributed by atoms with van der Waals surface area (Å²) in [5.41, 5.74) is 2.84. The minimum Gasteiger partial charge on any atom is -0.458 e. The molecule has 0 saturated carbocycles. The second kappa shape index (κ2) is 9.50. The van der Waals surface area contributed by atoms with Crippen molar-refractivity contribution in [2.45, 2.75) is 44.8 Å². The molecule has 0 unspecified atom stereocenters. The SMILES string of the molecule is CC(C)c1nc(Nc2ccnn2C)nc(-c2ccc(F)cc2)c1C=C[C@@H]1C[C@@H](O)CC(=O)O1. The lowest BCUT2D eigenvalue weighted by Gasteiger charge is -2.23. The summed E-state index contributed by atoms with van der Waals surface area (Å²) in [5.74, 6) is 0.376. The van der Waals surface area contributed by atoms with Crippen molar-refractivity contribution in [1.29, 1.82) is 0 Å². The number of anilines is 2. The summed E-state index contributed by atoms with van der Waals surface area (Å²) in [6.45, 7) is 4.04. The van der Waals surface area contributed by atoms with Crippen LogP contribution in [0.4, 0.5) is 16.2 Å². The van der Waals surface area contributed by atoms with E-state index in [-0.39, 0.29) is 18.2 Å². The van der Waals surface area contributed by atoms with E-state index in [9.17, 15) is 14.3 Å². The largest absolute Gasteiger partial charge is 0.458 e. The Morgan fingerprint density at radius 1 is 1.24 bits per heavy atom. The predicted molar refractivity (Wildman–Crippen MR) is 122 cm³/mol. The molecule has 1 fully saturated rings. The van der Waals surface area contributed by atoms with E-state index in [2.05, 4.69) is 10.4 Å². The third kappa shape index (κ3) is 5.25. The molecule has 1 aromatic carbocycles. The molecule has 0 radical (unpaired) electrons. The van der Waals surface area contributed by atoms with Gasteiger partial charge < -0.3 is 15.2 Å². The maximum absolute atomic E-state index is 13.6. The summed E-state index contributed by atoms with van der Waals surface area (Å²) < 4.78 is 20.6. The van der Waals surface area contributed by atoms with E-state index in [4.69, 9.17) is 14.7 Å². The standard InChI is InChI=1S/C24H26FN5O3/c1-14(2)22-19(9-8-18-12-17(31)13-21(32)33-18)23(15-4-6-16(25)7-5-15)29-24(28-22)27-20-10-11-26-30(20)3/h4-11,14,17-18,31H,12-13H2,1-3H3,(H,27,28,29)/t17-,18-/m1/s1. The molecule has 3 heterocycles. The first-order valence-corrected chi connectivity index (χ1v) is 10.8. The fraction of sp³-hybridized carbons (Fsp3) is 0.333. The number of hydrogen-bond acceptors (Lipinski definition) is 7. The van der Waals surface area contributed by atoms with Crippen LogP contribution in [0.15, 0.2) is 42.6 Å². The summed E-state index contributed by atoms with van der Waals surface area (Å²) in [6.07, 6.45) is 4.28. The van der Waals surface area contributed by atoms with E-state index in [0.717, 1.165) is 17.1 Å². The third-order valence-electron chi connectivity index (χ3n) is 5.37. The van der Waals surface area contributed by atoms with Crippen molar-refractivity contribution in [3.8, 4) is 11.3 Å². The molecular weight excluding hydrogens is 425 g/mol. The highest BCUT2D eigenvalue weighted by Gasteiger charge is 2.26. The smallest absolute Gasteiger partial charge is 0.309 e. The van der Waals surface area contributed by atoms with Gasteiger partial charge in [-0.05, 0) is 36.3 Å². The Hall–Kier alpha value is -3.59. The van der Waals surface area contributed by atoms with E-state index >= 15 is 0 Å². The number of rotatable bonds is 6. The Kier molecular flexibility index (Phi) is 6.50. The summed E-state index contributed by atoms with van der Waals surface area (Å²) in [4.78, 5) is 21.2. The van der Waals surface area contributed by atoms with Crippen molar-refractivity contribution < 1.29 is 19.0 Å². The molecule has 0 amide bonds. The number of carbonyl (C=O) groups excluding carboxylic acids is 1. The Morgan fingerprint density at radius 2 is 2.00 bits per heavy atom. The molecule has 3 aromatic rings. The zero-order chi connectivity index (χ0) is 23.5. The lowest BCUT2D eigenvalue weighted by atomic mass is 9.97. The number of hydrogen-bond donors (Lipinski definition) is 2. The molecule has 172 valence electrons. The van der Waals surface area contributed by atoms with E-state index in [1.54, 1.807) is 29.1 Å². The van der Waals surface area contributed by atoms with Gasteiger partial charge in [0.15, 0.2) is 0 Å². The number of halogens is 1. The van der Waals surface area contributed by atoms with Crippen molar-refractivity contribution in [2.24, 2.45) is 7.05 Å². The highest BCUT2D eigenvalue weighted by atomic mass is 19.1. The van der Waals surface area contributed by atoms with Gasteiger partial charge in [0.1, 0.15) is 17.7 Å². The van der Waals surface area contributed by atoms with Crippen LogP contribution < -0.4 is 5.32 Å². The van der Waals surface area contributed by atoms with Crippen LogP contribution in [0.5, 0.6) is 0 Å². The van der Waals surface area contributed by atoms with Crippen LogP contribution in [-0.4, -0.2) is 43.0 Å². The van der Waals surface area contributed by atoms with Gasteiger partial charge >= 0.3 is 5.97 Å². The number of aromatic nitrogens is 4. The van der Waals surface area contributed by atoms with Crippen LogP contribution in [0.3, 0.4) is 0 Å². The first-order valence-electron chi connectivity index (χ1n) is 10.8. The summed E-state index contributed by atoms with van der Waals surface area (Å²) in [5, 5.41) is 17.3. The second-order valence-corrected chi connectivity index (χ2v) is 8.30. The van der Waals surface area contributed by atoms with Gasteiger partial charge in [-0.15, -0.1) is 0 Å². The second-order valence-electron chi connectivity index (χ2n) is 8.30. The molecule has 4 rings (SSSR count). The number of esters is 1. The topological polar surface area (TPSA) is 102 Å². The van der Waals surface area contributed by atoms with Gasteiger partial charge in [-0.2, -0.15) is 5.10 Å². The quantitative estimate of drug-likeness (QED) is 0.547. The van der Waals surface area contributed by atoms with Gasteiger partial charge in [0.2, 0.25) is 5.95 Å². The van der Waals surface area contributed by atoms with E-state index in [1.165, 1.54) is 12.1 Å². The number of nitrogens with one attached hydrogen (secondary N) is 1. The number of nitrogens with zero attached hydrogens (tertiary/aromatic N) is 4. The Bertz CT molecular complexity index is 1170. The van der Waals surface area contributed by atoms with Crippen LogP contribution in [-0.2, 0) is 16.6 Å². The van der Waals surface area contributed by atoms with Gasteiger partial charge in [-0.3, -0.25) is 9.48 Å². The minimum absolute atomic E-state index is 0.0000965. The van der Waals surface area contributed by atoms with Crippen LogP contribution in [0.25, 0.3) is 17.3 Å². The van der Waals surface area contributed by atoms with Crippen LogP contribution in [0.1, 0.15) is 43.9 Å². The molecule has 8 nitrogen and oxygen atoms in total. The molecule has 9 heteroatoms. The maximum Gasteiger partial charge on any atom is 0.309 e. The molecule has 2 aromatic heterocycles. The molecular formula is C24H26FN5O3. The Labute approximate surface area is 191 Å². The fourth-order valence-electron chi connectivity index (χ4n) is 3.72. The predicted octanol–water partition coefficient (Wildman–Crippen LogP) is 3.96. The average Bonchev–Trinajstić information content (AvgIpc) is 3.16. The Morgan fingerprint density at radius 3 is 2.64 bits per heavy atom. The van der Waals surface area contributed by atoms with Crippen molar-refractivity contribution in [3.05, 3.63) is 59.7 Å². The van der Waals surface area contributed by atoms with Crippen LogP contribution in [0.2, 0.25) is 0 Å². The van der Waals surface area contributed by atoms with Gasteiger partial charge in [-0.25, -0.2) is 14.4 Å². The normalized spacial score (nSPS) is 18.7. The molecule has 0 aliphatic carbocycles. The summed E-state index contributed by atoms with van der Waals surface area (Å²) >= 11 is 0. The number of ether oxygens (including phenoxy) is 1. The number of carbonyl (C=O) groups is 1. The van der Waals surface area contributed by atoms with Crippen molar-refractivity contribution in [1.82, 2.24) is 19.7 Å². The number of aliphatic hydroxyl groups excluding tert-OH is 1. The molecule has 2 N–H and O–H groups in total. The number of cyclic esters (lactones) is 1. The highest BCUT2D eigenvalue weighted by Crippen LogP contribution is 2.31. The first-order chi connectivity index (χ1) is 15.8. The number of benzene rings is 1. The maximum atomic E-state index is 13.6. The van der Waals surface area contributed by atoms with Gasteiger partial charge in [0, 0.05) is 30.7 Å². The van der Waals surface area contributed by atoms with Crippen molar-refractivity contribution in [2.75, 3.05) is 5.32 Å². The molecule has 0 spiro atoms. The fourth-order valence-corrected chi connectivity index (χ4v) is 3.72. The molecule has 33 heavy (non-hydrogen) atoms. The number of aliphatic hydroxyl groups is 1. The molecule has 2 atom stereocenters. The average molecular weight is 452 g/mol. The van der Waals surface area contributed by atoms with Gasteiger partial charge in [0.05, 0.1) is 30.1 Å². The van der Waals surface area contributed by atoms with Crippen LogP contribution >= 0.6 is 0 Å². The molecule has 1 saturated heterocycles. The van der Waals surface area contributed by atoms with Crippen LogP contribution in [0, 0.1) is 5.82 Å². The lowest BCUT2D eigenvalue weighted by Crippen LogP contribution is -2.31. The lowest BCUT2D eigenvalue weighted by molar-refractivity contribution is -0.156. The van der Waals surface area contributed by atoms with E-state index < -0.39 is 18.2 Å². The highest BCUT2D eigenvalue weighted by molar-refractivity contribution is 5.76. The molecule has 0 bridgehead atoms. The van der Waals surface area contributed by atoms with Crippen molar-refractivity contribution >= 4 is 23.8 Å². The molecule has 1 aliphatic heterocycles. The first kappa shape index (κ1) is 22.6. The van der Waals surface area contributed by atoms with Gasteiger partial charge in [0.25, 0.3) is 0 Å². The third-order valence-corrected chi connectivity index (χ3v) is 5.37.